The summed E-state index contributed by atoms with van der Waals surface area (Å²) in [5.74, 6) is 1.74. The van der Waals surface area contributed by atoms with Crippen molar-refractivity contribution in [1.29, 1.82) is 0 Å². The van der Waals surface area contributed by atoms with Gasteiger partial charge in [-0.05, 0) is 60.9 Å². The van der Waals surface area contributed by atoms with Crippen LogP contribution in [0, 0.1) is 20.8 Å². The Morgan fingerprint density at radius 3 is 2.23 bits per heavy atom. The van der Waals surface area contributed by atoms with E-state index in [0.717, 1.165) is 39.0 Å². The third kappa shape index (κ3) is 4.36. The van der Waals surface area contributed by atoms with Crippen molar-refractivity contribution in [2.75, 3.05) is 0 Å². The molecule has 0 amide bonds. The zero-order valence-electron chi connectivity index (χ0n) is 19.3. The van der Waals surface area contributed by atoms with Gasteiger partial charge in [0.25, 0.3) is 0 Å². The number of thioether (sulfide) groups is 1. The molecule has 0 spiro atoms. The average molecular weight is 422 g/mol. The molecule has 0 saturated carbocycles. The standard InChI is InChI=1S/C25H31N3OS/c1-15-13-16(2)22(18(4)29)17(3)21(15)14-30-24-27-26-23(28(24)8)19-9-11-20(12-10-19)25(5,6)7/h9-13H,14H2,1-8H3. The van der Waals surface area contributed by atoms with E-state index in [4.69, 9.17) is 0 Å². The van der Waals surface area contributed by atoms with Crippen LogP contribution in [0.1, 0.15) is 65.9 Å². The summed E-state index contributed by atoms with van der Waals surface area (Å²) in [5, 5.41) is 9.72. The van der Waals surface area contributed by atoms with E-state index in [1.165, 1.54) is 16.7 Å². The number of hydrogen-bond acceptors (Lipinski definition) is 4. The van der Waals surface area contributed by atoms with Crippen molar-refractivity contribution in [3.63, 3.8) is 0 Å². The summed E-state index contributed by atoms with van der Waals surface area (Å²) in [6, 6.07) is 10.7. The normalized spacial score (nSPS) is 11.7. The van der Waals surface area contributed by atoms with Crippen molar-refractivity contribution in [2.24, 2.45) is 7.05 Å². The highest BCUT2D eigenvalue weighted by atomic mass is 32.2. The van der Waals surface area contributed by atoms with Crippen LogP contribution in [0.4, 0.5) is 0 Å². The molecule has 0 bridgehead atoms. The number of aryl methyl sites for hydroxylation is 2. The number of nitrogens with zero attached hydrogens (tertiary/aromatic N) is 3. The number of rotatable bonds is 5. The minimum absolute atomic E-state index is 0.121. The Kier molecular flexibility index (Phi) is 6.23. The molecule has 0 saturated heterocycles. The monoisotopic (exact) mass is 421 g/mol. The van der Waals surface area contributed by atoms with Crippen molar-refractivity contribution in [2.45, 2.75) is 64.8 Å². The van der Waals surface area contributed by atoms with Crippen LogP contribution in [0.3, 0.4) is 0 Å². The Morgan fingerprint density at radius 2 is 1.67 bits per heavy atom. The van der Waals surface area contributed by atoms with Crippen LogP contribution >= 0.6 is 11.8 Å². The maximum absolute atomic E-state index is 12.1. The van der Waals surface area contributed by atoms with E-state index in [0.29, 0.717) is 0 Å². The lowest BCUT2D eigenvalue weighted by atomic mass is 9.87. The molecule has 2 aromatic carbocycles. The summed E-state index contributed by atoms with van der Waals surface area (Å²) in [6.45, 7) is 14.4. The quantitative estimate of drug-likeness (QED) is 0.363. The fourth-order valence-electron chi connectivity index (χ4n) is 3.94. The molecule has 0 N–H and O–H groups in total. The summed E-state index contributed by atoms with van der Waals surface area (Å²) in [6.07, 6.45) is 0. The fourth-order valence-corrected chi connectivity index (χ4v) is 5.03. The van der Waals surface area contributed by atoms with Gasteiger partial charge in [0.05, 0.1) is 0 Å². The van der Waals surface area contributed by atoms with Crippen molar-refractivity contribution in [1.82, 2.24) is 14.8 Å². The van der Waals surface area contributed by atoms with E-state index in [-0.39, 0.29) is 11.2 Å². The second kappa shape index (κ2) is 8.38. The molecular formula is C25H31N3OS. The Morgan fingerprint density at radius 1 is 1.03 bits per heavy atom. The first-order chi connectivity index (χ1) is 14.0. The van der Waals surface area contributed by atoms with Crippen molar-refractivity contribution >= 4 is 17.5 Å². The molecule has 3 rings (SSSR count). The lowest BCUT2D eigenvalue weighted by molar-refractivity contribution is 0.101. The van der Waals surface area contributed by atoms with Crippen molar-refractivity contribution in [3.05, 3.63) is 63.7 Å². The number of carbonyl (C=O) groups excluding carboxylic acids is 1. The Hall–Kier alpha value is -2.40. The topological polar surface area (TPSA) is 47.8 Å². The minimum atomic E-state index is 0.121. The Labute approximate surface area is 184 Å². The van der Waals surface area contributed by atoms with Crippen LogP contribution in [0.5, 0.6) is 0 Å². The summed E-state index contributed by atoms with van der Waals surface area (Å²) in [7, 11) is 2.01. The molecule has 0 radical (unpaired) electrons. The molecule has 0 fully saturated rings. The first-order valence-electron chi connectivity index (χ1n) is 10.2. The molecule has 0 atom stereocenters. The van der Waals surface area contributed by atoms with Crippen LogP contribution in [-0.2, 0) is 18.2 Å². The summed E-state index contributed by atoms with van der Waals surface area (Å²) in [5.41, 5.74) is 7.87. The predicted molar refractivity (Wildman–Crippen MR) is 125 cm³/mol. The first-order valence-corrected chi connectivity index (χ1v) is 11.2. The number of aromatic nitrogens is 3. The molecule has 5 heteroatoms. The molecule has 0 aliphatic rings. The molecule has 0 aliphatic carbocycles. The lowest BCUT2D eigenvalue weighted by Gasteiger charge is -2.19. The smallest absolute Gasteiger partial charge is 0.191 e. The maximum atomic E-state index is 12.1. The van der Waals surface area contributed by atoms with E-state index in [9.17, 15) is 4.79 Å². The third-order valence-electron chi connectivity index (χ3n) is 5.67. The van der Waals surface area contributed by atoms with Gasteiger partial charge in [-0.2, -0.15) is 0 Å². The zero-order chi connectivity index (χ0) is 22.2. The highest BCUT2D eigenvalue weighted by molar-refractivity contribution is 7.98. The van der Waals surface area contributed by atoms with Crippen LogP contribution in [0.15, 0.2) is 35.5 Å². The van der Waals surface area contributed by atoms with Crippen LogP contribution in [-0.4, -0.2) is 20.5 Å². The summed E-state index contributed by atoms with van der Waals surface area (Å²) < 4.78 is 2.04. The largest absolute Gasteiger partial charge is 0.305 e. The van der Waals surface area contributed by atoms with E-state index in [2.05, 4.69) is 68.2 Å². The van der Waals surface area contributed by atoms with Gasteiger partial charge in [-0.1, -0.05) is 62.9 Å². The van der Waals surface area contributed by atoms with Crippen molar-refractivity contribution < 1.29 is 4.79 Å². The number of hydrogen-bond donors (Lipinski definition) is 0. The number of carbonyl (C=O) groups is 1. The molecule has 4 nitrogen and oxygen atoms in total. The fraction of sp³-hybridized carbons (Fsp3) is 0.400. The molecule has 1 heterocycles. The first kappa shape index (κ1) is 22.3. The van der Waals surface area contributed by atoms with Gasteiger partial charge in [0.15, 0.2) is 16.8 Å². The summed E-state index contributed by atoms with van der Waals surface area (Å²) in [4.78, 5) is 12.1. The second-order valence-electron chi connectivity index (χ2n) is 9.03. The number of ketones is 1. The predicted octanol–water partition coefficient (Wildman–Crippen LogP) is 6.20. The van der Waals surface area contributed by atoms with Gasteiger partial charge in [-0.3, -0.25) is 4.79 Å². The Balaban J connectivity index is 1.85. The van der Waals surface area contributed by atoms with E-state index in [1.807, 2.05) is 25.5 Å². The number of benzene rings is 2. The van der Waals surface area contributed by atoms with E-state index >= 15 is 0 Å². The van der Waals surface area contributed by atoms with Crippen LogP contribution in [0.25, 0.3) is 11.4 Å². The minimum Gasteiger partial charge on any atom is -0.305 e. The van der Waals surface area contributed by atoms with Gasteiger partial charge >= 0.3 is 0 Å². The molecule has 158 valence electrons. The van der Waals surface area contributed by atoms with Gasteiger partial charge in [0.1, 0.15) is 0 Å². The second-order valence-corrected chi connectivity index (χ2v) is 9.97. The molecule has 1 aromatic heterocycles. The lowest BCUT2D eigenvalue weighted by Crippen LogP contribution is -2.10. The van der Waals surface area contributed by atoms with E-state index in [1.54, 1.807) is 18.7 Å². The number of Topliss-reactive ketones (excluding diaryl/α,β-unsaturated/α-hetero) is 1. The molecule has 30 heavy (non-hydrogen) atoms. The molecule has 0 aliphatic heterocycles. The molecular weight excluding hydrogens is 390 g/mol. The van der Waals surface area contributed by atoms with Gasteiger partial charge in [0.2, 0.25) is 0 Å². The highest BCUT2D eigenvalue weighted by Gasteiger charge is 2.18. The third-order valence-corrected chi connectivity index (χ3v) is 6.72. The maximum Gasteiger partial charge on any atom is 0.191 e. The summed E-state index contributed by atoms with van der Waals surface area (Å²) >= 11 is 1.66. The van der Waals surface area contributed by atoms with Crippen LogP contribution in [0.2, 0.25) is 0 Å². The van der Waals surface area contributed by atoms with Crippen LogP contribution < -0.4 is 0 Å². The Bertz CT molecular complexity index is 1090. The van der Waals surface area contributed by atoms with E-state index < -0.39 is 0 Å². The van der Waals surface area contributed by atoms with Gasteiger partial charge in [0, 0.05) is 23.9 Å². The average Bonchev–Trinajstić information content (AvgIpc) is 3.01. The van der Waals surface area contributed by atoms with Gasteiger partial charge in [-0.15, -0.1) is 10.2 Å². The molecule has 0 unspecified atom stereocenters. The van der Waals surface area contributed by atoms with Crippen molar-refractivity contribution in [3.8, 4) is 11.4 Å². The van der Waals surface area contributed by atoms with Gasteiger partial charge < -0.3 is 4.57 Å². The molecule has 3 aromatic rings. The highest BCUT2D eigenvalue weighted by Crippen LogP contribution is 2.31. The van der Waals surface area contributed by atoms with Gasteiger partial charge in [-0.25, -0.2) is 0 Å². The SMILES string of the molecule is CC(=O)c1c(C)cc(C)c(CSc2nnc(-c3ccc(C(C)(C)C)cc3)n2C)c1C. The zero-order valence-corrected chi connectivity index (χ0v) is 20.1.